The van der Waals surface area contributed by atoms with Crippen LogP contribution in [-0.4, -0.2) is 59.1 Å². The van der Waals surface area contributed by atoms with Crippen LogP contribution in [-0.2, 0) is 0 Å². The van der Waals surface area contributed by atoms with Gasteiger partial charge in [0.1, 0.15) is 0 Å². The number of likely N-dealkylation sites (tertiary alicyclic amines) is 2. The van der Waals surface area contributed by atoms with Crippen LogP contribution < -0.4 is 5.32 Å². The molecule has 4 heteroatoms. The van der Waals surface area contributed by atoms with Crippen molar-refractivity contribution in [1.82, 2.24) is 15.1 Å². The lowest BCUT2D eigenvalue weighted by Gasteiger charge is -2.47. The molecule has 7 rings (SSSR count). The second-order valence-electron chi connectivity index (χ2n) is 13.5. The minimum Gasteiger partial charge on any atom is -0.316 e. The monoisotopic (exact) mass is 464 g/mol. The molecule has 3 heterocycles. The maximum atomic E-state index is 9.44. The number of nitriles is 1. The summed E-state index contributed by atoms with van der Waals surface area (Å²) in [5, 5.41) is 13.3. The molecule has 0 aromatic carbocycles. The molecular formula is C30H48N4. The summed E-state index contributed by atoms with van der Waals surface area (Å²) < 4.78 is 0. The van der Waals surface area contributed by atoms with Gasteiger partial charge in [-0.15, -0.1) is 0 Å². The van der Waals surface area contributed by atoms with E-state index in [0.717, 1.165) is 72.8 Å². The first-order valence-corrected chi connectivity index (χ1v) is 15.5. The summed E-state index contributed by atoms with van der Waals surface area (Å²) in [4.78, 5) is 6.31. The lowest BCUT2D eigenvalue weighted by atomic mass is 9.73. The molecule has 0 aromatic heterocycles. The summed E-state index contributed by atoms with van der Waals surface area (Å²) >= 11 is 0. The van der Waals surface area contributed by atoms with E-state index in [0.29, 0.717) is 5.92 Å². The summed E-state index contributed by atoms with van der Waals surface area (Å²) in [7, 11) is 0. The summed E-state index contributed by atoms with van der Waals surface area (Å²) in [5.41, 5.74) is 0. The summed E-state index contributed by atoms with van der Waals surface area (Å²) in [5.74, 6) is 4.20. The molecule has 7 fully saturated rings. The lowest BCUT2D eigenvalue weighted by Crippen LogP contribution is -2.52. The molecule has 4 nitrogen and oxygen atoms in total. The maximum absolute atomic E-state index is 9.44. The van der Waals surface area contributed by atoms with Crippen molar-refractivity contribution in [2.45, 2.75) is 139 Å². The van der Waals surface area contributed by atoms with E-state index in [1.165, 1.54) is 103 Å². The van der Waals surface area contributed by atoms with Gasteiger partial charge in [-0.3, -0.25) is 9.80 Å². The summed E-state index contributed by atoms with van der Waals surface area (Å²) in [6, 6.07) is 7.73. The SMILES string of the molecule is N#CC1CCC(N2C3CCNCC3C3CC(N4C5CCCCC5C5CCCCC54)CCC32)CC1. The van der Waals surface area contributed by atoms with Gasteiger partial charge in [0.25, 0.3) is 0 Å². The van der Waals surface area contributed by atoms with Gasteiger partial charge in [0, 0.05) is 42.2 Å². The normalized spacial score (nSPS) is 51.7. The van der Waals surface area contributed by atoms with Crippen molar-refractivity contribution in [3.8, 4) is 6.07 Å². The summed E-state index contributed by atoms with van der Waals surface area (Å²) in [6.07, 6.45) is 22.7. The van der Waals surface area contributed by atoms with Crippen LogP contribution in [0.25, 0.3) is 0 Å². The predicted octanol–water partition coefficient (Wildman–Crippen LogP) is 5.33. The average molecular weight is 465 g/mol. The van der Waals surface area contributed by atoms with Crippen molar-refractivity contribution in [3.05, 3.63) is 0 Å². The Hall–Kier alpha value is -0.630. The first kappa shape index (κ1) is 22.6. The Bertz CT molecular complexity index is 746. The third-order valence-corrected chi connectivity index (χ3v) is 12.2. The lowest BCUT2D eigenvalue weighted by molar-refractivity contribution is 0.0187. The van der Waals surface area contributed by atoms with Gasteiger partial charge in [0.2, 0.25) is 0 Å². The van der Waals surface area contributed by atoms with Crippen LogP contribution in [0.1, 0.15) is 103 Å². The van der Waals surface area contributed by atoms with Crippen LogP contribution >= 0.6 is 0 Å². The summed E-state index contributed by atoms with van der Waals surface area (Å²) in [6.45, 7) is 2.48. The number of hydrogen-bond donors (Lipinski definition) is 1. The first-order valence-electron chi connectivity index (χ1n) is 15.5. The van der Waals surface area contributed by atoms with Gasteiger partial charge < -0.3 is 5.32 Å². The molecule has 0 radical (unpaired) electrons. The van der Waals surface area contributed by atoms with Gasteiger partial charge in [0.15, 0.2) is 0 Å². The van der Waals surface area contributed by atoms with Crippen molar-refractivity contribution >= 4 is 0 Å². The topological polar surface area (TPSA) is 42.3 Å². The van der Waals surface area contributed by atoms with Crippen LogP contribution in [0.15, 0.2) is 0 Å². The third kappa shape index (κ3) is 3.62. The number of piperidine rings is 1. The van der Waals surface area contributed by atoms with Crippen LogP contribution in [0, 0.1) is 40.9 Å². The van der Waals surface area contributed by atoms with Gasteiger partial charge >= 0.3 is 0 Å². The second kappa shape index (κ2) is 9.35. The highest BCUT2D eigenvalue weighted by Gasteiger charge is 2.57. The zero-order valence-electron chi connectivity index (χ0n) is 21.4. The highest BCUT2D eigenvalue weighted by atomic mass is 15.3. The number of fused-ring (bicyclic) bond motifs is 6. The van der Waals surface area contributed by atoms with Crippen molar-refractivity contribution in [1.29, 1.82) is 5.26 Å². The van der Waals surface area contributed by atoms with E-state index >= 15 is 0 Å². The molecule has 188 valence electrons. The van der Waals surface area contributed by atoms with Crippen molar-refractivity contribution in [3.63, 3.8) is 0 Å². The molecule has 9 unspecified atom stereocenters. The largest absolute Gasteiger partial charge is 0.316 e. The molecule has 7 aliphatic rings. The van der Waals surface area contributed by atoms with E-state index in [4.69, 9.17) is 0 Å². The molecule has 3 saturated heterocycles. The van der Waals surface area contributed by atoms with E-state index in [-0.39, 0.29) is 0 Å². The predicted molar refractivity (Wildman–Crippen MR) is 136 cm³/mol. The maximum Gasteiger partial charge on any atom is 0.0655 e. The van der Waals surface area contributed by atoms with Gasteiger partial charge in [-0.1, -0.05) is 25.7 Å². The van der Waals surface area contributed by atoms with Crippen LogP contribution in [0.3, 0.4) is 0 Å². The second-order valence-corrected chi connectivity index (χ2v) is 13.5. The minimum atomic E-state index is 0.330. The van der Waals surface area contributed by atoms with Crippen molar-refractivity contribution in [2.75, 3.05) is 13.1 Å². The molecule has 4 aliphatic carbocycles. The minimum absolute atomic E-state index is 0.330. The molecule has 0 aromatic rings. The van der Waals surface area contributed by atoms with E-state index in [2.05, 4.69) is 21.2 Å². The van der Waals surface area contributed by atoms with Crippen LogP contribution in [0.4, 0.5) is 0 Å². The Morgan fingerprint density at radius 1 is 0.559 bits per heavy atom. The molecule has 4 saturated carbocycles. The van der Waals surface area contributed by atoms with E-state index in [1.807, 2.05) is 0 Å². The van der Waals surface area contributed by atoms with Gasteiger partial charge in [0.05, 0.1) is 6.07 Å². The zero-order valence-corrected chi connectivity index (χ0v) is 21.4. The fourth-order valence-corrected chi connectivity index (χ4v) is 11.0. The molecule has 3 aliphatic heterocycles. The zero-order chi connectivity index (χ0) is 22.6. The Balaban J connectivity index is 1.12. The molecule has 1 N–H and O–H groups in total. The van der Waals surface area contributed by atoms with E-state index < -0.39 is 0 Å². The van der Waals surface area contributed by atoms with Crippen molar-refractivity contribution in [2.24, 2.45) is 29.6 Å². The van der Waals surface area contributed by atoms with Crippen LogP contribution in [0.5, 0.6) is 0 Å². The highest BCUT2D eigenvalue weighted by molar-refractivity contribution is 5.11. The molecule has 0 spiro atoms. The van der Waals surface area contributed by atoms with Gasteiger partial charge in [-0.2, -0.15) is 5.26 Å². The van der Waals surface area contributed by atoms with E-state index in [9.17, 15) is 5.26 Å². The standard InChI is InChI=1S/C30H48N4/c31-18-20-9-11-21(12-10-20)33-29-14-13-22(17-25(29)26-19-32-16-15-30(26)33)34-27-7-3-1-5-23(27)24-6-2-4-8-28(24)34/h20-30,32H,1-17,19H2. The fourth-order valence-electron chi connectivity index (χ4n) is 11.0. The Morgan fingerprint density at radius 2 is 1.15 bits per heavy atom. The van der Waals surface area contributed by atoms with E-state index in [1.54, 1.807) is 0 Å². The molecule has 34 heavy (non-hydrogen) atoms. The Labute approximate surface area is 208 Å². The number of rotatable bonds is 2. The first-order chi connectivity index (χ1) is 16.8. The number of nitrogens with zero attached hydrogens (tertiary/aromatic N) is 3. The Morgan fingerprint density at radius 3 is 1.85 bits per heavy atom. The quantitative estimate of drug-likeness (QED) is 0.599. The third-order valence-electron chi connectivity index (χ3n) is 12.2. The molecular weight excluding hydrogens is 416 g/mol. The fraction of sp³-hybridized carbons (Fsp3) is 0.967. The average Bonchev–Trinajstić information content (AvgIpc) is 3.41. The van der Waals surface area contributed by atoms with Gasteiger partial charge in [-0.25, -0.2) is 0 Å². The van der Waals surface area contributed by atoms with Crippen LogP contribution in [0.2, 0.25) is 0 Å². The molecule has 0 amide bonds. The highest BCUT2D eigenvalue weighted by Crippen LogP contribution is 2.54. The molecule has 0 bridgehead atoms. The smallest absolute Gasteiger partial charge is 0.0655 e. The van der Waals surface area contributed by atoms with Crippen molar-refractivity contribution < 1.29 is 0 Å². The van der Waals surface area contributed by atoms with Gasteiger partial charge in [-0.05, 0) is 114 Å². The Kier molecular flexibility index (Phi) is 6.20. The number of hydrogen-bond acceptors (Lipinski definition) is 4. The number of nitrogens with one attached hydrogen (secondary N) is 1. The molecule has 9 atom stereocenters.